The van der Waals surface area contributed by atoms with Crippen LogP contribution in [0.3, 0.4) is 0 Å². The van der Waals surface area contributed by atoms with E-state index in [2.05, 4.69) is 15.4 Å². The molecule has 19 heteroatoms. The zero-order chi connectivity index (χ0) is 44.6. The van der Waals surface area contributed by atoms with Gasteiger partial charge in [0.25, 0.3) is 17.7 Å². The number of aromatic nitrogens is 1. The SMILES string of the molecule is CCCOC(=O)[C@H](C)NP(=O)(Oc1ccccc1)[C@@H](F)c1ccc2sc(C(=O)N[C@H]3CCCC[C@H]4CC[C@@H](C(=O)N5C(=O)N(c6cncc(OC)c6)C(=O)C56CC6)N4C3=O)cc2c1. The van der Waals surface area contributed by atoms with Crippen molar-refractivity contribution in [1.29, 1.82) is 0 Å². The van der Waals surface area contributed by atoms with Gasteiger partial charge in [-0.2, -0.15) is 0 Å². The fourth-order valence-electron chi connectivity index (χ4n) is 8.63. The third kappa shape index (κ3) is 8.43. The molecular weight excluding hydrogens is 855 g/mol. The number of alkyl halides is 1. The Morgan fingerprint density at radius 2 is 1.75 bits per heavy atom. The summed E-state index contributed by atoms with van der Waals surface area (Å²) in [6, 6.07) is 11.3. The number of thiophene rings is 1. The number of amides is 6. The summed E-state index contributed by atoms with van der Waals surface area (Å²) in [7, 11) is -3.06. The Hall–Kier alpha value is -5.71. The van der Waals surface area contributed by atoms with Gasteiger partial charge >= 0.3 is 19.5 Å². The number of para-hydroxylation sites is 1. The minimum Gasteiger partial charge on any atom is -0.495 e. The molecule has 8 rings (SSSR count). The Labute approximate surface area is 366 Å². The molecule has 6 atom stereocenters. The third-order valence-corrected chi connectivity index (χ3v) is 15.2. The van der Waals surface area contributed by atoms with E-state index in [0.717, 1.165) is 27.6 Å². The first-order valence-corrected chi connectivity index (χ1v) is 23.6. The van der Waals surface area contributed by atoms with Crippen molar-refractivity contribution in [2.45, 2.75) is 107 Å². The highest BCUT2D eigenvalue weighted by Crippen LogP contribution is 2.58. The fourth-order valence-corrected chi connectivity index (χ4v) is 11.5. The second-order valence-corrected chi connectivity index (χ2v) is 19.4. The molecule has 6 amide bonds. The van der Waals surface area contributed by atoms with Crippen LogP contribution in [0, 0.1) is 0 Å². The molecule has 1 spiro atoms. The van der Waals surface area contributed by atoms with Crippen molar-refractivity contribution in [3.05, 3.63) is 83.5 Å². The van der Waals surface area contributed by atoms with Crippen molar-refractivity contribution in [2.24, 2.45) is 0 Å². The number of rotatable bonds is 14. The first-order chi connectivity index (χ1) is 30.3. The van der Waals surface area contributed by atoms with E-state index in [9.17, 15) is 33.3 Å². The molecule has 4 fully saturated rings. The quantitative estimate of drug-likeness (QED) is 0.0746. The van der Waals surface area contributed by atoms with Crippen molar-refractivity contribution in [3.63, 3.8) is 0 Å². The van der Waals surface area contributed by atoms with Gasteiger partial charge in [-0.1, -0.05) is 44.0 Å². The molecule has 1 saturated carbocycles. The van der Waals surface area contributed by atoms with Crippen LogP contribution >= 0.6 is 18.9 Å². The first-order valence-electron chi connectivity index (χ1n) is 21.1. The molecule has 63 heavy (non-hydrogen) atoms. The molecule has 2 N–H and O–H groups in total. The van der Waals surface area contributed by atoms with Crippen LogP contribution in [0.5, 0.6) is 11.5 Å². The van der Waals surface area contributed by atoms with Gasteiger partial charge in [-0.25, -0.2) is 24.1 Å². The van der Waals surface area contributed by atoms with Crippen LogP contribution in [0.1, 0.15) is 92.8 Å². The molecular formula is C44H48FN6O10PS. The molecule has 0 bridgehead atoms. The van der Waals surface area contributed by atoms with Crippen LogP contribution < -0.4 is 24.6 Å². The van der Waals surface area contributed by atoms with Gasteiger partial charge in [0, 0.05) is 16.8 Å². The van der Waals surface area contributed by atoms with Gasteiger partial charge in [0.15, 0.2) is 0 Å². The number of ether oxygens (including phenoxy) is 2. The lowest BCUT2D eigenvalue weighted by Gasteiger charge is -2.36. The fraction of sp³-hybridized carbons (Fsp3) is 0.432. The molecule has 2 aromatic heterocycles. The molecule has 1 aliphatic carbocycles. The van der Waals surface area contributed by atoms with E-state index in [0.29, 0.717) is 67.2 Å². The predicted molar refractivity (Wildman–Crippen MR) is 230 cm³/mol. The van der Waals surface area contributed by atoms with Crippen molar-refractivity contribution < 1.29 is 51.7 Å². The maximum Gasteiger partial charge on any atom is 0.355 e. The highest BCUT2D eigenvalue weighted by molar-refractivity contribution is 7.57. The number of anilines is 1. The van der Waals surface area contributed by atoms with E-state index in [4.69, 9.17) is 14.0 Å². The van der Waals surface area contributed by atoms with Crippen LogP contribution in [0.25, 0.3) is 10.1 Å². The van der Waals surface area contributed by atoms with Crippen molar-refractivity contribution in [2.75, 3.05) is 18.6 Å². The minimum atomic E-state index is -4.49. The highest BCUT2D eigenvalue weighted by Gasteiger charge is 2.68. The third-order valence-electron chi connectivity index (χ3n) is 12.0. The van der Waals surface area contributed by atoms with E-state index in [1.165, 1.54) is 61.7 Å². The monoisotopic (exact) mass is 902 g/mol. The lowest BCUT2D eigenvalue weighted by Crippen LogP contribution is -2.58. The maximum absolute atomic E-state index is 16.6. The van der Waals surface area contributed by atoms with Crippen LogP contribution in [0.15, 0.2) is 73.1 Å². The van der Waals surface area contributed by atoms with Gasteiger partial charge in [0.05, 0.1) is 36.7 Å². The predicted octanol–water partition coefficient (Wildman–Crippen LogP) is 7.04. The molecule has 1 unspecified atom stereocenters. The van der Waals surface area contributed by atoms with Crippen molar-refractivity contribution in [3.8, 4) is 11.5 Å². The normalized spacial score (nSPS) is 22.5. The summed E-state index contributed by atoms with van der Waals surface area (Å²) in [6.45, 7) is 3.38. The van der Waals surface area contributed by atoms with Crippen LogP contribution in [0.2, 0.25) is 0 Å². The second kappa shape index (κ2) is 17.8. The number of urea groups is 1. The van der Waals surface area contributed by atoms with Crippen LogP contribution in [-0.2, 0) is 28.5 Å². The number of hydrogen-bond acceptors (Lipinski definition) is 12. The Kier molecular flexibility index (Phi) is 12.4. The van der Waals surface area contributed by atoms with Crippen molar-refractivity contribution in [1.82, 2.24) is 25.2 Å². The Morgan fingerprint density at radius 1 is 0.984 bits per heavy atom. The Morgan fingerprint density at radius 3 is 2.48 bits per heavy atom. The first kappa shape index (κ1) is 43.9. The lowest BCUT2D eigenvalue weighted by atomic mass is 9.99. The molecule has 4 aromatic rings. The number of imide groups is 2. The summed E-state index contributed by atoms with van der Waals surface area (Å²) in [5.74, 6) is -4.64. The van der Waals surface area contributed by atoms with Gasteiger partial charge in [-0.15, -0.1) is 11.3 Å². The lowest BCUT2D eigenvalue weighted by molar-refractivity contribution is -0.147. The van der Waals surface area contributed by atoms with E-state index < -0.39 is 72.7 Å². The molecule has 16 nitrogen and oxygen atoms in total. The average molecular weight is 903 g/mol. The van der Waals surface area contributed by atoms with E-state index in [-0.39, 0.29) is 34.5 Å². The number of nitrogens with zero attached hydrogens (tertiary/aromatic N) is 4. The largest absolute Gasteiger partial charge is 0.495 e. The zero-order valence-electron chi connectivity index (χ0n) is 35.0. The van der Waals surface area contributed by atoms with Gasteiger partial charge in [0.1, 0.15) is 35.2 Å². The molecule has 5 heterocycles. The number of methoxy groups -OCH3 is 1. The maximum atomic E-state index is 16.6. The second-order valence-electron chi connectivity index (χ2n) is 16.3. The summed E-state index contributed by atoms with van der Waals surface area (Å²) in [6.07, 6.45) is 7.11. The standard InChI is InChI=1S/C44H48FN6O10PS/c1-4-20-60-41(55)26(2)48-62(58,61-31-11-6-5-7-12-31)37(45)27-14-17-35-28(21-27)22-36(63-35)38(52)47-33-13-9-8-10-29-15-16-34(49(29)39(33)53)40(54)51-43(57)50(42(56)44(51)18-19-44)30-23-32(59-3)25-46-24-30/h5-7,11-12,14,17,21-26,29,33-34,37H,4,8-10,13,15-16,18-20H2,1-3H3,(H,47,52)(H,48,58)/t26-,29-,33-,34-,37+,62?/m0/s1. The van der Waals surface area contributed by atoms with Crippen LogP contribution in [0.4, 0.5) is 14.9 Å². The van der Waals surface area contributed by atoms with E-state index in [1.54, 1.807) is 30.3 Å². The van der Waals surface area contributed by atoms with Gasteiger partial charge in [-0.3, -0.25) is 33.5 Å². The summed E-state index contributed by atoms with van der Waals surface area (Å²) in [4.78, 5) is 91.1. The number of halogens is 1. The number of carbonyl (C=O) groups excluding carboxylic acids is 6. The van der Waals surface area contributed by atoms with Crippen LogP contribution in [-0.4, -0.2) is 93.8 Å². The number of hydrogen-bond donors (Lipinski definition) is 2. The number of esters is 1. The van der Waals surface area contributed by atoms with E-state index in [1.807, 2.05) is 6.92 Å². The molecule has 3 saturated heterocycles. The molecule has 2 aromatic carbocycles. The summed E-state index contributed by atoms with van der Waals surface area (Å²) in [5.41, 5.74) is -1.18. The number of fused-ring (bicyclic) bond motifs is 2. The zero-order valence-corrected chi connectivity index (χ0v) is 36.7. The van der Waals surface area contributed by atoms with E-state index >= 15 is 4.39 Å². The average Bonchev–Trinajstić information content (AvgIpc) is 3.68. The van der Waals surface area contributed by atoms with Gasteiger partial charge < -0.3 is 24.2 Å². The minimum absolute atomic E-state index is 0.0198. The smallest absolute Gasteiger partial charge is 0.355 e. The number of benzene rings is 2. The number of carbonyl (C=O) groups is 6. The topological polar surface area (TPSA) is 194 Å². The number of pyridine rings is 1. The van der Waals surface area contributed by atoms with Gasteiger partial charge in [0.2, 0.25) is 11.8 Å². The number of nitrogens with one attached hydrogen (secondary N) is 2. The molecule has 0 radical (unpaired) electrons. The molecule has 3 aliphatic heterocycles. The van der Waals surface area contributed by atoms with Gasteiger partial charge in [-0.05, 0) is 93.2 Å². The highest BCUT2D eigenvalue weighted by atomic mass is 32.1. The summed E-state index contributed by atoms with van der Waals surface area (Å²) < 4.78 is 47.7. The Balaban J connectivity index is 0.997. The van der Waals surface area contributed by atoms with Crippen molar-refractivity contribution >= 4 is 70.3 Å². The summed E-state index contributed by atoms with van der Waals surface area (Å²) in [5, 5.41) is 5.93. The summed E-state index contributed by atoms with van der Waals surface area (Å²) >= 11 is 1.12. The Bertz CT molecular complexity index is 2500. The molecule has 4 aliphatic rings. The molecule has 332 valence electrons.